The molecule has 0 heterocycles. The highest BCUT2D eigenvalue weighted by Crippen LogP contribution is 2.28. The van der Waals surface area contributed by atoms with Crippen molar-refractivity contribution in [2.24, 2.45) is 0 Å². The molecular formula is C17H25. The van der Waals surface area contributed by atoms with Gasteiger partial charge in [0.2, 0.25) is 0 Å². The lowest BCUT2D eigenvalue weighted by Gasteiger charge is -2.06. The Morgan fingerprint density at radius 1 is 0.647 bits per heavy atom. The minimum Gasteiger partial charge on any atom is -0.0654 e. The van der Waals surface area contributed by atoms with Crippen LogP contribution in [0.4, 0.5) is 0 Å². The Bertz CT molecular complexity index is 144. The summed E-state index contributed by atoms with van der Waals surface area (Å²) in [6, 6.07) is 0. The van der Waals surface area contributed by atoms with E-state index in [1.54, 1.807) is 0 Å². The van der Waals surface area contributed by atoms with Gasteiger partial charge in [-0.3, -0.25) is 0 Å². The number of hydrogen-bond donors (Lipinski definition) is 0. The molecule has 0 heteroatoms. The highest BCUT2D eigenvalue weighted by atomic mass is 14.2. The van der Waals surface area contributed by atoms with E-state index in [2.05, 4.69) is 32.6 Å². The van der Waals surface area contributed by atoms with Gasteiger partial charge in [0.15, 0.2) is 0 Å². The van der Waals surface area contributed by atoms with Gasteiger partial charge in [0, 0.05) is 0 Å². The summed E-state index contributed by atoms with van der Waals surface area (Å²) in [6.07, 6.45) is 26.7. The van der Waals surface area contributed by atoms with Crippen LogP contribution in [0.2, 0.25) is 0 Å². The summed E-state index contributed by atoms with van der Waals surface area (Å²) in [6.45, 7) is 2.27. The van der Waals surface area contributed by atoms with E-state index in [0.717, 1.165) is 12.3 Å². The van der Waals surface area contributed by atoms with Crippen molar-refractivity contribution >= 4 is 0 Å². The van der Waals surface area contributed by atoms with Crippen LogP contribution < -0.4 is 0 Å². The molecular weight excluding hydrogens is 204 g/mol. The quantitative estimate of drug-likeness (QED) is 0.427. The molecule has 1 aliphatic rings. The van der Waals surface area contributed by atoms with Crippen molar-refractivity contribution in [3.05, 3.63) is 31.6 Å². The SMILES string of the molecule is CCCCCCCCCCCC[C]1[C][C][C][C]1. The third-order valence-corrected chi connectivity index (χ3v) is 3.27. The van der Waals surface area contributed by atoms with Crippen LogP contribution in [0.25, 0.3) is 0 Å². The van der Waals surface area contributed by atoms with E-state index >= 15 is 0 Å². The van der Waals surface area contributed by atoms with E-state index in [1.165, 1.54) is 64.2 Å². The molecule has 0 nitrogen and oxygen atoms in total. The highest BCUT2D eigenvalue weighted by molar-refractivity contribution is 5.34. The Labute approximate surface area is 110 Å². The van der Waals surface area contributed by atoms with Crippen LogP contribution >= 0.6 is 0 Å². The van der Waals surface area contributed by atoms with Gasteiger partial charge in [0.25, 0.3) is 0 Å². The molecule has 0 unspecified atom stereocenters. The van der Waals surface area contributed by atoms with Gasteiger partial charge in [0.1, 0.15) is 0 Å². The second-order valence-corrected chi connectivity index (χ2v) is 4.91. The van der Waals surface area contributed by atoms with Crippen LogP contribution in [0.15, 0.2) is 0 Å². The Morgan fingerprint density at radius 2 is 1.12 bits per heavy atom. The predicted molar refractivity (Wildman–Crippen MR) is 72.7 cm³/mol. The minimum absolute atomic E-state index is 1.11. The fraction of sp³-hybridized carbons (Fsp3) is 0.706. The van der Waals surface area contributed by atoms with Crippen molar-refractivity contribution in [2.75, 3.05) is 0 Å². The second-order valence-electron chi connectivity index (χ2n) is 4.91. The van der Waals surface area contributed by atoms with Crippen LogP contribution in [0, 0.1) is 31.6 Å². The van der Waals surface area contributed by atoms with Gasteiger partial charge in [-0.05, 0) is 38.0 Å². The Morgan fingerprint density at radius 3 is 1.65 bits per heavy atom. The van der Waals surface area contributed by atoms with Gasteiger partial charge >= 0.3 is 0 Å². The molecule has 0 spiro atoms. The molecule has 1 fully saturated rings. The van der Waals surface area contributed by atoms with Gasteiger partial charge in [0.05, 0.1) is 0 Å². The Hall–Kier alpha value is 0. The number of rotatable bonds is 11. The first kappa shape index (κ1) is 15.1. The zero-order valence-corrected chi connectivity index (χ0v) is 11.3. The first-order valence-corrected chi connectivity index (χ1v) is 7.31. The molecule has 1 saturated carbocycles. The van der Waals surface area contributed by atoms with Crippen molar-refractivity contribution in [3.63, 3.8) is 0 Å². The molecule has 1 aliphatic carbocycles. The third-order valence-electron chi connectivity index (χ3n) is 3.27. The summed E-state index contributed by atoms with van der Waals surface area (Å²) in [7, 11) is 0. The fourth-order valence-corrected chi connectivity index (χ4v) is 2.16. The predicted octanol–water partition coefficient (Wildman–Crippen LogP) is 5.21. The van der Waals surface area contributed by atoms with Gasteiger partial charge in [-0.2, -0.15) is 0 Å². The molecule has 9 radical (unpaired) electrons. The smallest absolute Gasteiger partial charge is 0.0000244 e. The summed E-state index contributed by atoms with van der Waals surface area (Å²) >= 11 is 0. The van der Waals surface area contributed by atoms with E-state index in [0.29, 0.717) is 0 Å². The van der Waals surface area contributed by atoms with Gasteiger partial charge in [-0.15, -0.1) is 0 Å². The largest absolute Gasteiger partial charge is 0.0654 e. The van der Waals surface area contributed by atoms with Crippen LogP contribution in [-0.4, -0.2) is 0 Å². The topological polar surface area (TPSA) is 0 Å². The second kappa shape index (κ2) is 11.1. The molecule has 0 amide bonds. The Kier molecular flexibility index (Phi) is 9.84. The van der Waals surface area contributed by atoms with E-state index in [-0.39, 0.29) is 0 Å². The normalized spacial score (nSPS) is 16.8. The molecule has 0 aromatic rings. The van der Waals surface area contributed by atoms with E-state index in [9.17, 15) is 0 Å². The summed E-state index contributed by atoms with van der Waals surface area (Å²) in [5.41, 5.74) is 0. The fourth-order valence-electron chi connectivity index (χ4n) is 2.16. The van der Waals surface area contributed by atoms with E-state index < -0.39 is 0 Å². The maximum Gasteiger partial charge on any atom is -0.0000244 e. The third kappa shape index (κ3) is 8.69. The first-order valence-electron chi connectivity index (χ1n) is 7.31. The number of unbranched alkanes of at least 4 members (excludes halogenated alkanes) is 9. The first-order chi connectivity index (χ1) is 8.43. The van der Waals surface area contributed by atoms with Gasteiger partial charge < -0.3 is 0 Å². The monoisotopic (exact) mass is 229 g/mol. The molecule has 0 aromatic carbocycles. The molecule has 93 valence electrons. The lowest BCUT2D eigenvalue weighted by atomic mass is 9.99. The molecule has 0 bridgehead atoms. The molecule has 1 rings (SSSR count). The standard InChI is InChI=1S/C17H25/c1-2-3-4-5-6-7-8-9-10-11-14-17-15-12-13-16-17/h2-11,14H2,1H3. The molecule has 0 aromatic heterocycles. The maximum atomic E-state index is 3.03. The average Bonchev–Trinajstić information content (AvgIpc) is 2.85. The molecule has 0 saturated heterocycles. The summed E-state index contributed by atoms with van der Waals surface area (Å²) in [4.78, 5) is 0. The zero-order chi connectivity index (χ0) is 12.2. The maximum absolute atomic E-state index is 3.03. The summed E-state index contributed by atoms with van der Waals surface area (Å²) < 4.78 is 0. The lowest BCUT2D eigenvalue weighted by molar-refractivity contribution is 0.553. The van der Waals surface area contributed by atoms with Crippen LogP contribution in [-0.2, 0) is 0 Å². The van der Waals surface area contributed by atoms with E-state index in [1.807, 2.05) is 0 Å². The van der Waals surface area contributed by atoms with Crippen LogP contribution in [0.5, 0.6) is 0 Å². The van der Waals surface area contributed by atoms with Crippen LogP contribution in [0.1, 0.15) is 77.6 Å². The minimum atomic E-state index is 1.11. The zero-order valence-electron chi connectivity index (χ0n) is 11.3. The van der Waals surface area contributed by atoms with Gasteiger partial charge in [-0.25, -0.2) is 0 Å². The van der Waals surface area contributed by atoms with Crippen molar-refractivity contribution in [1.29, 1.82) is 0 Å². The van der Waals surface area contributed by atoms with Crippen molar-refractivity contribution < 1.29 is 0 Å². The van der Waals surface area contributed by atoms with E-state index in [4.69, 9.17) is 0 Å². The molecule has 0 atom stereocenters. The summed E-state index contributed by atoms with van der Waals surface area (Å²) in [5, 5.41) is 0. The lowest BCUT2D eigenvalue weighted by Crippen LogP contribution is -1.91. The van der Waals surface area contributed by atoms with Crippen molar-refractivity contribution in [2.45, 2.75) is 77.6 Å². The number of hydrogen-bond acceptors (Lipinski definition) is 0. The Balaban J connectivity index is 1.69. The average molecular weight is 229 g/mol. The van der Waals surface area contributed by atoms with Gasteiger partial charge in [-0.1, -0.05) is 71.1 Å². The molecule has 0 N–H and O–H groups in total. The van der Waals surface area contributed by atoms with Crippen molar-refractivity contribution in [3.8, 4) is 0 Å². The highest BCUT2D eigenvalue weighted by Gasteiger charge is 2.17. The van der Waals surface area contributed by atoms with Crippen molar-refractivity contribution in [1.82, 2.24) is 0 Å². The summed E-state index contributed by atoms with van der Waals surface area (Å²) in [5.74, 6) is 1.16. The molecule has 17 heavy (non-hydrogen) atoms. The van der Waals surface area contributed by atoms with Crippen LogP contribution in [0.3, 0.4) is 0 Å². The molecule has 0 aliphatic heterocycles.